The number of rotatable bonds is 18. The molecule has 0 bridgehead atoms. The van der Waals surface area contributed by atoms with E-state index in [1.54, 1.807) is 6.92 Å². The number of carbonyl (C=O) groups excluding carboxylic acids is 3. The fraction of sp³-hybridized carbons (Fsp3) is 0.643. The van der Waals surface area contributed by atoms with E-state index < -0.39 is 49.5 Å². The highest BCUT2D eigenvalue weighted by Gasteiger charge is 2.43. The van der Waals surface area contributed by atoms with Crippen molar-refractivity contribution < 1.29 is 47.7 Å². The number of likely N-dealkylation sites (tertiary alicyclic amines) is 1. The lowest BCUT2D eigenvalue weighted by Gasteiger charge is -2.30. The number of benzene rings is 1. The predicted molar refractivity (Wildman–Crippen MR) is 150 cm³/mol. The maximum absolute atomic E-state index is 13.4. The third kappa shape index (κ3) is 11.8. The molecule has 2 rings (SSSR count). The highest BCUT2D eigenvalue weighted by Crippen LogP contribution is 2.52. The second-order valence-electron chi connectivity index (χ2n) is 10.0. The van der Waals surface area contributed by atoms with Crippen molar-refractivity contribution in [2.24, 2.45) is 0 Å². The van der Waals surface area contributed by atoms with Crippen LogP contribution in [-0.2, 0) is 39.6 Å². The molecule has 2 unspecified atom stereocenters. The van der Waals surface area contributed by atoms with Crippen LogP contribution >= 0.6 is 7.60 Å². The first kappa shape index (κ1) is 34.3. The Hall–Kier alpha value is -2.95. The lowest BCUT2D eigenvalue weighted by molar-refractivity contribution is -0.152. The normalized spacial score (nSPS) is 17.7. The zero-order valence-electron chi connectivity index (χ0n) is 23.9. The summed E-state index contributed by atoms with van der Waals surface area (Å²) in [6.45, 7) is 4.18. The molecule has 3 N–H and O–H groups in total. The van der Waals surface area contributed by atoms with Crippen LogP contribution in [-0.4, -0.2) is 69.9 Å². The van der Waals surface area contributed by atoms with E-state index in [-0.39, 0.29) is 45.4 Å². The summed E-state index contributed by atoms with van der Waals surface area (Å²) in [4.78, 5) is 61.3. The van der Waals surface area contributed by atoms with Crippen molar-refractivity contribution in [2.75, 3.05) is 13.1 Å². The zero-order chi connectivity index (χ0) is 30.3. The zero-order valence-corrected chi connectivity index (χ0v) is 24.8. The van der Waals surface area contributed by atoms with Crippen LogP contribution in [0.1, 0.15) is 83.6 Å². The fourth-order valence-electron chi connectivity index (χ4n) is 4.45. The number of ether oxygens (including phenoxy) is 2. The number of carboxylic acids is 1. The van der Waals surface area contributed by atoms with E-state index in [9.17, 15) is 33.7 Å². The molecule has 4 atom stereocenters. The molecular formula is C28H43N2O10P. The summed E-state index contributed by atoms with van der Waals surface area (Å²) in [5.74, 6) is -3.93. The molecule has 1 heterocycles. The Morgan fingerprint density at radius 2 is 1.80 bits per heavy atom. The summed E-state index contributed by atoms with van der Waals surface area (Å²) < 4.78 is 29.4. The molecule has 0 saturated carbocycles. The highest BCUT2D eigenvalue weighted by atomic mass is 31.2. The quantitative estimate of drug-likeness (QED) is 0.123. The van der Waals surface area contributed by atoms with E-state index in [1.165, 1.54) is 0 Å². The Labute approximate surface area is 241 Å². The molecular weight excluding hydrogens is 555 g/mol. The number of amides is 2. The van der Waals surface area contributed by atoms with Crippen LogP contribution < -0.4 is 5.32 Å². The molecule has 0 radical (unpaired) electrons. The molecule has 0 aromatic heterocycles. The smallest absolute Gasteiger partial charge is 0.407 e. The van der Waals surface area contributed by atoms with E-state index in [0.717, 1.165) is 10.5 Å². The van der Waals surface area contributed by atoms with Crippen LogP contribution in [0.15, 0.2) is 30.3 Å². The average Bonchev–Trinajstić information content (AvgIpc) is 3.44. The van der Waals surface area contributed by atoms with Crippen LogP contribution in [0, 0.1) is 0 Å². The van der Waals surface area contributed by atoms with Crippen LogP contribution in [0.3, 0.4) is 0 Å². The SMILES string of the molecule is CCCCC(OC(=O)CCC)P(=O)(O)O[C@@H](CCCCNC(=O)OCc1ccccc1)C(=O)N1CCC[C@H]1C(=O)O. The number of carbonyl (C=O) groups is 4. The van der Waals surface area contributed by atoms with Gasteiger partial charge in [0.2, 0.25) is 5.85 Å². The molecule has 41 heavy (non-hydrogen) atoms. The molecule has 1 aromatic carbocycles. The Morgan fingerprint density at radius 1 is 1.07 bits per heavy atom. The van der Waals surface area contributed by atoms with Crippen LogP contribution in [0.4, 0.5) is 4.79 Å². The van der Waals surface area contributed by atoms with Gasteiger partial charge in [0, 0.05) is 19.5 Å². The highest BCUT2D eigenvalue weighted by molar-refractivity contribution is 7.53. The largest absolute Gasteiger partial charge is 0.480 e. The Kier molecular flexibility index (Phi) is 14.8. The first-order valence-electron chi connectivity index (χ1n) is 14.3. The van der Waals surface area contributed by atoms with Crippen molar-refractivity contribution in [1.29, 1.82) is 0 Å². The standard InChI is InChI=1S/C28H43N2O10P/c1-3-5-17-25(39-24(31)12-4-2)41(36,37)40-23(26(32)30-19-11-15-22(30)27(33)34)16-9-10-18-29-28(35)38-20-21-13-7-6-8-14-21/h6-8,13-14,22-23,25H,3-5,9-12,15-20H2,1-2H3,(H,29,35)(H,33,34)(H,36,37)/t22-,23-,25?/m0/s1. The topological polar surface area (TPSA) is 169 Å². The van der Waals surface area contributed by atoms with Gasteiger partial charge in [-0.2, -0.15) is 0 Å². The Morgan fingerprint density at radius 3 is 2.46 bits per heavy atom. The van der Waals surface area contributed by atoms with E-state index in [4.69, 9.17) is 14.0 Å². The van der Waals surface area contributed by atoms with E-state index in [1.807, 2.05) is 37.3 Å². The van der Waals surface area contributed by atoms with Gasteiger partial charge in [0.1, 0.15) is 18.8 Å². The first-order chi connectivity index (χ1) is 19.6. The molecule has 1 fully saturated rings. The maximum atomic E-state index is 13.4. The number of alkyl carbamates (subject to hydrolysis) is 1. The van der Waals surface area contributed by atoms with Gasteiger partial charge >= 0.3 is 25.6 Å². The van der Waals surface area contributed by atoms with Gasteiger partial charge in [0.25, 0.3) is 5.91 Å². The summed E-state index contributed by atoms with van der Waals surface area (Å²) in [6.07, 6.45) is 1.25. The van der Waals surface area contributed by atoms with Gasteiger partial charge in [-0.15, -0.1) is 0 Å². The number of nitrogens with zero attached hydrogens (tertiary/aromatic N) is 1. The van der Waals surface area contributed by atoms with Crippen molar-refractivity contribution in [2.45, 2.75) is 103 Å². The third-order valence-corrected chi connectivity index (χ3v) is 8.29. The summed E-state index contributed by atoms with van der Waals surface area (Å²) >= 11 is 0. The molecule has 230 valence electrons. The van der Waals surface area contributed by atoms with Gasteiger partial charge in [-0.1, -0.05) is 50.6 Å². The molecule has 1 aliphatic rings. The molecule has 0 aliphatic carbocycles. The second kappa shape index (κ2) is 17.8. The second-order valence-corrected chi connectivity index (χ2v) is 11.9. The molecule has 0 spiro atoms. The van der Waals surface area contributed by atoms with Gasteiger partial charge in [-0.25, -0.2) is 9.59 Å². The molecule has 13 heteroatoms. The van der Waals surface area contributed by atoms with Crippen LogP contribution in [0.2, 0.25) is 0 Å². The van der Waals surface area contributed by atoms with Crippen LogP contribution in [0.25, 0.3) is 0 Å². The van der Waals surface area contributed by atoms with Gasteiger partial charge in [-0.3, -0.25) is 18.7 Å². The van der Waals surface area contributed by atoms with Crippen molar-refractivity contribution in [1.82, 2.24) is 10.2 Å². The lowest BCUT2D eigenvalue weighted by Crippen LogP contribution is -2.46. The predicted octanol–water partition coefficient (Wildman–Crippen LogP) is 4.59. The molecule has 1 aliphatic heterocycles. The summed E-state index contributed by atoms with van der Waals surface area (Å²) in [7, 11) is -4.64. The monoisotopic (exact) mass is 598 g/mol. The Balaban J connectivity index is 2.03. The number of aliphatic carboxylic acids is 1. The van der Waals surface area contributed by atoms with Crippen molar-refractivity contribution in [3.05, 3.63) is 35.9 Å². The Bertz CT molecular complexity index is 1040. The molecule has 12 nitrogen and oxygen atoms in total. The number of hydrogen-bond donors (Lipinski definition) is 3. The van der Waals surface area contributed by atoms with Gasteiger partial charge in [0.15, 0.2) is 0 Å². The molecule has 1 aromatic rings. The van der Waals surface area contributed by atoms with Crippen molar-refractivity contribution in [3.63, 3.8) is 0 Å². The lowest BCUT2D eigenvalue weighted by atomic mass is 10.1. The average molecular weight is 599 g/mol. The van der Waals surface area contributed by atoms with Gasteiger partial charge < -0.3 is 29.7 Å². The van der Waals surface area contributed by atoms with Crippen molar-refractivity contribution >= 4 is 31.5 Å². The minimum atomic E-state index is -4.64. The molecule has 2 amide bonds. The van der Waals surface area contributed by atoms with Gasteiger partial charge in [0.05, 0.1) is 0 Å². The summed E-state index contributed by atoms with van der Waals surface area (Å²) in [6, 6.07) is 8.14. The van der Waals surface area contributed by atoms with E-state index in [0.29, 0.717) is 38.5 Å². The number of esters is 1. The summed E-state index contributed by atoms with van der Waals surface area (Å²) in [5, 5.41) is 12.2. The number of hydrogen-bond acceptors (Lipinski definition) is 8. The van der Waals surface area contributed by atoms with E-state index >= 15 is 0 Å². The minimum Gasteiger partial charge on any atom is -0.480 e. The van der Waals surface area contributed by atoms with Crippen LogP contribution in [0.5, 0.6) is 0 Å². The number of nitrogens with one attached hydrogen (secondary N) is 1. The molecule has 1 saturated heterocycles. The summed E-state index contributed by atoms with van der Waals surface area (Å²) in [5.41, 5.74) is 0.841. The van der Waals surface area contributed by atoms with E-state index in [2.05, 4.69) is 5.32 Å². The maximum Gasteiger partial charge on any atom is 0.407 e. The third-order valence-electron chi connectivity index (χ3n) is 6.64. The van der Waals surface area contributed by atoms with Crippen molar-refractivity contribution in [3.8, 4) is 0 Å². The van der Waals surface area contributed by atoms with Gasteiger partial charge in [-0.05, 0) is 56.9 Å². The minimum absolute atomic E-state index is 0.00360. The first-order valence-corrected chi connectivity index (χ1v) is 15.9. The number of carboxylic acid groups (broad SMARTS) is 1. The number of unbranched alkanes of at least 4 members (excludes halogenated alkanes) is 2. The fourth-order valence-corrected chi connectivity index (χ4v) is 5.90.